The summed E-state index contributed by atoms with van der Waals surface area (Å²) in [6.07, 6.45) is 0. The lowest BCUT2D eigenvalue weighted by Crippen LogP contribution is -2.00. The SMILES string of the molecule is c1ccc(-n2c3ccccc3c3ccccc32)c(Nc2ccc(-c3ccc4c(c3)[nH]c3ccccc34)cc2)c1. The summed E-state index contributed by atoms with van der Waals surface area (Å²) >= 11 is 0. The Balaban J connectivity index is 1.16. The van der Waals surface area contributed by atoms with Gasteiger partial charge in [0.05, 0.1) is 22.4 Å². The van der Waals surface area contributed by atoms with Crippen LogP contribution in [0.1, 0.15) is 0 Å². The van der Waals surface area contributed by atoms with E-state index in [1.807, 2.05) is 0 Å². The zero-order valence-electron chi connectivity index (χ0n) is 21.2. The summed E-state index contributed by atoms with van der Waals surface area (Å²) in [6, 6.07) is 49.6. The van der Waals surface area contributed by atoms with E-state index in [0.717, 1.165) is 22.6 Å². The number of benzene rings is 6. The number of aromatic amines is 1. The molecule has 0 atom stereocenters. The molecule has 0 bridgehead atoms. The van der Waals surface area contributed by atoms with Gasteiger partial charge in [-0.25, -0.2) is 0 Å². The minimum absolute atomic E-state index is 1.05. The molecule has 6 aromatic carbocycles. The van der Waals surface area contributed by atoms with Crippen molar-refractivity contribution in [3.05, 3.63) is 140 Å². The fraction of sp³-hybridized carbons (Fsp3) is 0. The summed E-state index contributed by atoms with van der Waals surface area (Å²) in [5.74, 6) is 0. The molecule has 0 aliphatic rings. The van der Waals surface area contributed by atoms with E-state index in [-0.39, 0.29) is 0 Å². The number of para-hydroxylation sites is 5. The van der Waals surface area contributed by atoms with Crippen LogP contribution in [0.3, 0.4) is 0 Å². The van der Waals surface area contributed by atoms with Gasteiger partial charge in [0.25, 0.3) is 0 Å². The second-order valence-corrected chi connectivity index (χ2v) is 10.0. The van der Waals surface area contributed by atoms with Gasteiger partial charge in [-0.05, 0) is 59.7 Å². The summed E-state index contributed by atoms with van der Waals surface area (Å²) in [5.41, 5.74) is 10.4. The first-order valence-electron chi connectivity index (χ1n) is 13.3. The molecule has 2 N–H and O–H groups in total. The third kappa shape index (κ3) is 3.52. The van der Waals surface area contributed by atoms with Gasteiger partial charge in [-0.3, -0.25) is 0 Å². The zero-order valence-corrected chi connectivity index (χ0v) is 21.2. The highest BCUT2D eigenvalue weighted by Gasteiger charge is 2.14. The molecule has 39 heavy (non-hydrogen) atoms. The highest BCUT2D eigenvalue weighted by atomic mass is 15.0. The van der Waals surface area contributed by atoms with Crippen LogP contribution in [0.15, 0.2) is 140 Å². The molecule has 3 heteroatoms. The lowest BCUT2D eigenvalue weighted by Gasteiger charge is -2.15. The van der Waals surface area contributed by atoms with Gasteiger partial charge >= 0.3 is 0 Å². The van der Waals surface area contributed by atoms with Crippen molar-refractivity contribution in [3.63, 3.8) is 0 Å². The number of nitrogens with zero attached hydrogens (tertiary/aromatic N) is 1. The normalized spacial score (nSPS) is 11.6. The number of H-pyrrole nitrogens is 1. The smallest absolute Gasteiger partial charge is 0.0697 e. The average molecular weight is 500 g/mol. The van der Waals surface area contributed by atoms with Gasteiger partial charge in [0, 0.05) is 38.3 Å². The summed E-state index contributed by atoms with van der Waals surface area (Å²) in [7, 11) is 0. The number of aromatic nitrogens is 2. The van der Waals surface area contributed by atoms with Crippen molar-refractivity contribution in [1.82, 2.24) is 9.55 Å². The van der Waals surface area contributed by atoms with Crippen molar-refractivity contribution in [1.29, 1.82) is 0 Å². The molecule has 3 nitrogen and oxygen atoms in total. The average Bonchev–Trinajstić information content (AvgIpc) is 3.53. The molecule has 0 saturated carbocycles. The number of fused-ring (bicyclic) bond motifs is 6. The van der Waals surface area contributed by atoms with Gasteiger partial charge in [0.1, 0.15) is 0 Å². The standard InChI is InChI=1S/C36H25N3/c1-4-12-31-27(9-1)28-22-19-25(23-33(28)38-31)24-17-20-26(21-18-24)37-32-13-5-8-16-36(32)39-34-14-6-2-10-29(34)30-11-3-7-15-35(30)39/h1-23,37-38H. The molecular weight excluding hydrogens is 474 g/mol. The number of hydrogen-bond donors (Lipinski definition) is 2. The first-order valence-corrected chi connectivity index (χ1v) is 13.3. The summed E-state index contributed by atoms with van der Waals surface area (Å²) in [5, 5.41) is 8.74. The molecule has 0 radical (unpaired) electrons. The van der Waals surface area contributed by atoms with Crippen molar-refractivity contribution in [2.45, 2.75) is 0 Å². The number of rotatable bonds is 4. The van der Waals surface area contributed by atoms with Crippen LogP contribution in [0.25, 0.3) is 60.4 Å². The van der Waals surface area contributed by atoms with E-state index in [4.69, 9.17) is 0 Å². The second-order valence-electron chi connectivity index (χ2n) is 10.0. The third-order valence-electron chi connectivity index (χ3n) is 7.73. The minimum atomic E-state index is 1.05. The van der Waals surface area contributed by atoms with E-state index < -0.39 is 0 Å². The molecule has 0 spiro atoms. The predicted molar refractivity (Wildman–Crippen MR) is 165 cm³/mol. The maximum Gasteiger partial charge on any atom is 0.0697 e. The van der Waals surface area contributed by atoms with E-state index >= 15 is 0 Å². The molecule has 0 fully saturated rings. The molecule has 0 saturated heterocycles. The van der Waals surface area contributed by atoms with Crippen molar-refractivity contribution in [3.8, 4) is 16.8 Å². The molecular formula is C36H25N3. The largest absolute Gasteiger partial charge is 0.354 e. The number of hydrogen-bond acceptors (Lipinski definition) is 1. The minimum Gasteiger partial charge on any atom is -0.354 e. The fourth-order valence-corrected chi connectivity index (χ4v) is 5.89. The van der Waals surface area contributed by atoms with Gasteiger partial charge in [-0.15, -0.1) is 0 Å². The maximum atomic E-state index is 3.69. The fourth-order valence-electron chi connectivity index (χ4n) is 5.89. The first-order chi connectivity index (χ1) is 19.3. The zero-order chi connectivity index (χ0) is 25.8. The monoisotopic (exact) mass is 499 g/mol. The number of anilines is 2. The summed E-state index contributed by atoms with van der Waals surface area (Å²) in [4.78, 5) is 3.56. The van der Waals surface area contributed by atoms with E-state index in [1.54, 1.807) is 0 Å². The molecule has 0 amide bonds. The lowest BCUT2D eigenvalue weighted by molar-refractivity contribution is 1.18. The second kappa shape index (κ2) is 8.64. The molecule has 0 unspecified atom stereocenters. The molecule has 2 heterocycles. The quantitative estimate of drug-likeness (QED) is 0.248. The van der Waals surface area contributed by atoms with E-state index in [1.165, 1.54) is 49.2 Å². The van der Waals surface area contributed by atoms with Crippen LogP contribution in [-0.4, -0.2) is 9.55 Å². The van der Waals surface area contributed by atoms with Crippen molar-refractivity contribution in [2.24, 2.45) is 0 Å². The first kappa shape index (κ1) is 21.8. The van der Waals surface area contributed by atoms with Crippen molar-refractivity contribution < 1.29 is 0 Å². The predicted octanol–water partition coefficient (Wildman–Crippen LogP) is 9.83. The lowest BCUT2D eigenvalue weighted by atomic mass is 10.0. The third-order valence-corrected chi connectivity index (χ3v) is 7.73. The Kier molecular flexibility index (Phi) is 4.82. The van der Waals surface area contributed by atoms with E-state index in [2.05, 4.69) is 154 Å². The van der Waals surface area contributed by atoms with Crippen molar-refractivity contribution in [2.75, 3.05) is 5.32 Å². The number of nitrogens with one attached hydrogen (secondary N) is 2. The maximum absolute atomic E-state index is 3.69. The summed E-state index contributed by atoms with van der Waals surface area (Å²) < 4.78 is 2.36. The van der Waals surface area contributed by atoms with Crippen molar-refractivity contribution >= 4 is 55.0 Å². The molecule has 0 aliphatic heterocycles. The van der Waals surface area contributed by atoms with Gasteiger partial charge in [-0.2, -0.15) is 0 Å². The van der Waals surface area contributed by atoms with Crippen LogP contribution in [0, 0.1) is 0 Å². The Morgan fingerprint density at radius 3 is 1.82 bits per heavy atom. The van der Waals surface area contributed by atoms with Crippen LogP contribution in [0.4, 0.5) is 11.4 Å². The Morgan fingerprint density at radius 1 is 0.462 bits per heavy atom. The van der Waals surface area contributed by atoms with E-state index in [9.17, 15) is 0 Å². The Morgan fingerprint density at radius 2 is 1.05 bits per heavy atom. The topological polar surface area (TPSA) is 32.8 Å². The van der Waals surface area contributed by atoms with Gasteiger partial charge in [-0.1, -0.05) is 91.0 Å². The van der Waals surface area contributed by atoms with Crippen LogP contribution in [0.2, 0.25) is 0 Å². The Bertz CT molecular complexity index is 2090. The molecule has 184 valence electrons. The highest BCUT2D eigenvalue weighted by Crippen LogP contribution is 2.36. The van der Waals surface area contributed by atoms with Gasteiger partial charge in [0.2, 0.25) is 0 Å². The summed E-state index contributed by atoms with van der Waals surface area (Å²) in [6.45, 7) is 0. The molecule has 2 aromatic heterocycles. The Labute approximate surface area is 226 Å². The highest BCUT2D eigenvalue weighted by molar-refractivity contribution is 6.10. The van der Waals surface area contributed by atoms with Gasteiger partial charge < -0.3 is 14.9 Å². The Hall–Kier alpha value is -5.28. The van der Waals surface area contributed by atoms with Crippen LogP contribution in [-0.2, 0) is 0 Å². The van der Waals surface area contributed by atoms with Crippen LogP contribution in [0.5, 0.6) is 0 Å². The molecule has 8 rings (SSSR count). The van der Waals surface area contributed by atoms with Crippen LogP contribution < -0.4 is 5.32 Å². The molecule has 0 aliphatic carbocycles. The van der Waals surface area contributed by atoms with Gasteiger partial charge in [0.15, 0.2) is 0 Å². The van der Waals surface area contributed by atoms with Crippen LogP contribution >= 0.6 is 0 Å². The molecule has 8 aromatic rings. The van der Waals surface area contributed by atoms with E-state index in [0.29, 0.717) is 0 Å².